The molecule has 2 N–H and O–H groups in total. The lowest BCUT2D eigenvalue weighted by Gasteiger charge is -2.29. The van der Waals surface area contributed by atoms with Crippen LogP contribution in [-0.2, 0) is 14.3 Å². The average molecular weight is 580 g/mol. The summed E-state index contributed by atoms with van der Waals surface area (Å²) in [6.45, 7) is 4.46. The van der Waals surface area contributed by atoms with Crippen LogP contribution in [0.5, 0.6) is 0 Å². The molecule has 0 saturated carbocycles. The molecule has 216 valence electrons. The standard InChI is InChI=1S/C31H25N5O7/c1-18-25-27(33-36(28(25)37)24-10-4-20(5-11-24)31(41)42)35(23-8-2-19(3-9-23)30(39)40)29(38)26(18)32-21-6-12-22(13-7-21)34-14-16-43-17-15-34/h2-13H,14-17H2,1H3,(H,39,40)(H,41,42). The topological polar surface area (TPSA) is 152 Å². The van der Waals surface area contributed by atoms with Crippen molar-refractivity contribution in [2.24, 2.45) is 10.1 Å². The first kappa shape index (κ1) is 27.5. The first-order valence-electron chi connectivity index (χ1n) is 13.4. The summed E-state index contributed by atoms with van der Waals surface area (Å²) >= 11 is 0. The molecule has 2 amide bonds. The van der Waals surface area contributed by atoms with Gasteiger partial charge in [0.15, 0.2) is 5.84 Å². The van der Waals surface area contributed by atoms with E-state index in [2.05, 4.69) is 15.0 Å². The Kier molecular flexibility index (Phi) is 7.04. The Hall–Kier alpha value is -5.62. The van der Waals surface area contributed by atoms with Gasteiger partial charge in [-0.2, -0.15) is 5.01 Å². The summed E-state index contributed by atoms with van der Waals surface area (Å²) in [5.74, 6) is -3.25. The number of aliphatic imine (C=N–C) groups is 1. The third-order valence-electron chi connectivity index (χ3n) is 7.37. The van der Waals surface area contributed by atoms with E-state index in [0.717, 1.165) is 23.8 Å². The van der Waals surface area contributed by atoms with E-state index in [1.54, 1.807) is 19.1 Å². The summed E-state index contributed by atoms with van der Waals surface area (Å²) in [7, 11) is 0. The number of rotatable bonds is 6. The van der Waals surface area contributed by atoms with Crippen LogP contribution in [-0.4, -0.2) is 71.8 Å². The molecule has 0 radical (unpaired) electrons. The number of carboxylic acid groups (broad SMARTS) is 2. The fourth-order valence-electron chi connectivity index (χ4n) is 5.09. The van der Waals surface area contributed by atoms with Gasteiger partial charge in [-0.1, -0.05) is 0 Å². The summed E-state index contributed by atoms with van der Waals surface area (Å²) in [4.78, 5) is 58.6. The summed E-state index contributed by atoms with van der Waals surface area (Å²) in [6.07, 6.45) is 0. The normalized spacial score (nSPS) is 17.8. The third-order valence-corrected chi connectivity index (χ3v) is 7.37. The van der Waals surface area contributed by atoms with Gasteiger partial charge in [0.05, 0.1) is 47.0 Å². The predicted octanol–water partition coefficient (Wildman–Crippen LogP) is 3.72. The maximum atomic E-state index is 14.0. The van der Waals surface area contributed by atoms with Crippen LogP contribution in [0.15, 0.2) is 94.0 Å². The molecule has 43 heavy (non-hydrogen) atoms. The maximum absolute atomic E-state index is 14.0. The number of amidine groups is 1. The van der Waals surface area contributed by atoms with Gasteiger partial charge in [-0.25, -0.2) is 14.6 Å². The summed E-state index contributed by atoms with van der Waals surface area (Å²) in [6, 6.07) is 18.7. The Labute approximate surface area is 245 Å². The van der Waals surface area contributed by atoms with Crippen LogP contribution in [0.1, 0.15) is 27.6 Å². The molecule has 3 aromatic carbocycles. The quantitative estimate of drug-likeness (QED) is 0.448. The fourth-order valence-corrected chi connectivity index (χ4v) is 5.09. The summed E-state index contributed by atoms with van der Waals surface area (Å²) in [5.41, 5.74) is 2.69. The molecule has 0 spiro atoms. The van der Waals surface area contributed by atoms with Gasteiger partial charge in [0.2, 0.25) is 0 Å². The highest BCUT2D eigenvalue weighted by Gasteiger charge is 2.45. The number of benzene rings is 3. The van der Waals surface area contributed by atoms with Crippen molar-refractivity contribution in [1.29, 1.82) is 0 Å². The van der Waals surface area contributed by atoms with E-state index in [1.165, 1.54) is 53.4 Å². The van der Waals surface area contributed by atoms with Gasteiger partial charge < -0.3 is 19.8 Å². The molecule has 1 fully saturated rings. The van der Waals surface area contributed by atoms with Crippen molar-refractivity contribution in [1.82, 2.24) is 0 Å². The smallest absolute Gasteiger partial charge is 0.335 e. The molecule has 0 atom stereocenters. The van der Waals surface area contributed by atoms with E-state index in [0.29, 0.717) is 35.8 Å². The number of nitrogens with zero attached hydrogens (tertiary/aromatic N) is 5. The molecule has 3 aromatic rings. The number of hydrazone groups is 1. The molecule has 6 rings (SSSR count). The van der Waals surface area contributed by atoms with E-state index < -0.39 is 23.8 Å². The number of amides is 2. The lowest BCUT2D eigenvalue weighted by molar-refractivity contribution is -0.114. The highest BCUT2D eigenvalue weighted by atomic mass is 16.5. The summed E-state index contributed by atoms with van der Waals surface area (Å²) < 4.78 is 5.42. The monoisotopic (exact) mass is 579 g/mol. The first-order chi connectivity index (χ1) is 20.7. The van der Waals surface area contributed by atoms with E-state index >= 15 is 0 Å². The van der Waals surface area contributed by atoms with Gasteiger partial charge in [0, 0.05) is 18.8 Å². The second kappa shape index (κ2) is 11.0. The van der Waals surface area contributed by atoms with Crippen molar-refractivity contribution in [3.05, 3.63) is 95.1 Å². The molecular weight excluding hydrogens is 554 g/mol. The number of ether oxygens (including phenoxy) is 1. The lowest BCUT2D eigenvalue weighted by atomic mass is 9.96. The van der Waals surface area contributed by atoms with Gasteiger partial charge in [0.1, 0.15) is 5.71 Å². The molecule has 12 nitrogen and oxygen atoms in total. The van der Waals surface area contributed by atoms with Crippen LogP contribution >= 0.6 is 0 Å². The van der Waals surface area contributed by atoms with Gasteiger partial charge in [-0.05, 0) is 85.3 Å². The Morgan fingerprint density at radius 3 is 1.86 bits per heavy atom. The van der Waals surface area contributed by atoms with Crippen molar-refractivity contribution < 1.29 is 34.1 Å². The number of carboxylic acids is 2. The SMILES string of the molecule is CC1=C2C(=O)N(c3ccc(C(=O)O)cc3)N=C2N(c2ccc(C(=O)O)cc2)C(=O)C1=Nc1ccc(N2CCOCC2)cc1. The number of carbonyl (C=O) groups excluding carboxylic acids is 2. The fraction of sp³-hybridized carbons (Fsp3) is 0.161. The van der Waals surface area contributed by atoms with Crippen LogP contribution < -0.4 is 14.8 Å². The maximum Gasteiger partial charge on any atom is 0.335 e. The molecule has 0 bridgehead atoms. The zero-order valence-corrected chi connectivity index (χ0v) is 22.9. The second-order valence-electron chi connectivity index (χ2n) is 9.96. The molecular formula is C31H25N5O7. The predicted molar refractivity (Wildman–Crippen MR) is 158 cm³/mol. The van der Waals surface area contributed by atoms with Gasteiger partial charge >= 0.3 is 11.9 Å². The molecule has 3 aliphatic heterocycles. The number of hydrogen-bond acceptors (Lipinski definition) is 8. The average Bonchev–Trinajstić information content (AvgIpc) is 3.36. The zero-order valence-electron chi connectivity index (χ0n) is 22.9. The van der Waals surface area contributed by atoms with Crippen molar-refractivity contribution in [3.8, 4) is 0 Å². The van der Waals surface area contributed by atoms with E-state index in [4.69, 9.17) is 4.74 Å². The van der Waals surface area contributed by atoms with E-state index in [1.807, 2.05) is 12.1 Å². The number of anilines is 3. The number of fused-ring (bicyclic) bond motifs is 1. The van der Waals surface area contributed by atoms with E-state index in [-0.39, 0.29) is 28.2 Å². The van der Waals surface area contributed by atoms with Gasteiger partial charge in [-0.3, -0.25) is 14.5 Å². The van der Waals surface area contributed by atoms with Crippen molar-refractivity contribution in [2.75, 3.05) is 41.1 Å². The molecule has 1 saturated heterocycles. The van der Waals surface area contributed by atoms with Crippen molar-refractivity contribution in [2.45, 2.75) is 6.92 Å². The number of hydrogen-bond donors (Lipinski definition) is 2. The third kappa shape index (κ3) is 5.04. The highest BCUT2D eigenvalue weighted by molar-refractivity contribution is 6.61. The minimum atomic E-state index is -1.12. The minimum absolute atomic E-state index is 0.0268. The van der Waals surface area contributed by atoms with Crippen LogP contribution in [0.4, 0.5) is 22.7 Å². The number of morpholine rings is 1. The Morgan fingerprint density at radius 2 is 1.30 bits per heavy atom. The highest BCUT2D eigenvalue weighted by Crippen LogP contribution is 2.34. The van der Waals surface area contributed by atoms with E-state index in [9.17, 15) is 29.4 Å². The first-order valence-corrected chi connectivity index (χ1v) is 13.4. The Bertz CT molecular complexity index is 1740. The largest absolute Gasteiger partial charge is 0.478 e. The zero-order chi connectivity index (χ0) is 30.2. The molecule has 0 unspecified atom stereocenters. The van der Waals surface area contributed by atoms with Crippen molar-refractivity contribution in [3.63, 3.8) is 0 Å². The van der Waals surface area contributed by atoms with Crippen molar-refractivity contribution >= 4 is 58.0 Å². The Balaban J connectivity index is 1.43. The molecule has 0 aliphatic carbocycles. The molecule has 0 aromatic heterocycles. The van der Waals surface area contributed by atoms with Gasteiger partial charge in [0.25, 0.3) is 11.8 Å². The van der Waals surface area contributed by atoms with Crippen LogP contribution in [0.3, 0.4) is 0 Å². The molecule has 12 heteroatoms. The number of carbonyl (C=O) groups is 4. The molecule has 3 aliphatic rings. The van der Waals surface area contributed by atoms with Crippen LogP contribution in [0, 0.1) is 0 Å². The number of aromatic carboxylic acids is 2. The van der Waals surface area contributed by atoms with Gasteiger partial charge in [-0.15, -0.1) is 5.10 Å². The Morgan fingerprint density at radius 1 is 0.767 bits per heavy atom. The minimum Gasteiger partial charge on any atom is -0.478 e. The lowest BCUT2D eigenvalue weighted by Crippen LogP contribution is -2.47. The van der Waals surface area contributed by atoms with Crippen LogP contribution in [0.2, 0.25) is 0 Å². The van der Waals surface area contributed by atoms with Crippen LogP contribution in [0.25, 0.3) is 0 Å². The second-order valence-corrected chi connectivity index (χ2v) is 9.96. The summed E-state index contributed by atoms with van der Waals surface area (Å²) in [5, 5.41) is 24.2. The molecule has 3 heterocycles.